The molecule has 0 saturated carbocycles. The molecule has 3 rings (SSSR count). The van der Waals surface area contributed by atoms with Gasteiger partial charge in [-0.15, -0.1) is 5.10 Å². The summed E-state index contributed by atoms with van der Waals surface area (Å²) in [7, 11) is -3.18. The highest BCUT2D eigenvalue weighted by atomic mass is 32.2. The predicted octanol–water partition coefficient (Wildman–Crippen LogP) is 1.33. The molecule has 29 heavy (non-hydrogen) atoms. The van der Waals surface area contributed by atoms with Crippen LogP contribution in [-0.4, -0.2) is 56.5 Å². The molecule has 0 aromatic carbocycles. The number of imidazole rings is 1. The Morgan fingerprint density at radius 3 is 2.69 bits per heavy atom. The molecule has 0 atom stereocenters. The second-order valence-electron chi connectivity index (χ2n) is 7.19. The lowest BCUT2D eigenvalue weighted by molar-refractivity contribution is 0.122. The number of aryl methyl sites for hydroxylation is 3. The molecule has 11 nitrogen and oxygen atoms in total. The zero-order valence-electron chi connectivity index (χ0n) is 17.3. The average molecular weight is 423 g/mol. The summed E-state index contributed by atoms with van der Waals surface area (Å²) in [4.78, 5) is 10.2. The van der Waals surface area contributed by atoms with Crippen LogP contribution in [0.1, 0.15) is 43.8 Å². The summed E-state index contributed by atoms with van der Waals surface area (Å²) < 4.78 is 28.8. The smallest absolute Gasteiger partial charge is 0.208 e. The van der Waals surface area contributed by atoms with Crippen molar-refractivity contribution in [2.45, 2.75) is 53.7 Å². The first-order chi connectivity index (χ1) is 13.7. The van der Waals surface area contributed by atoms with E-state index in [1.54, 1.807) is 4.52 Å². The summed E-state index contributed by atoms with van der Waals surface area (Å²) in [6.45, 7) is 8.97. The van der Waals surface area contributed by atoms with Crippen molar-refractivity contribution in [3.05, 3.63) is 17.1 Å². The first-order valence-electron chi connectivity index (χ1n) is 9.33. The van der Waals surface area contributed by atoms with Crippen molar-refractivity contribution < 1.29 is 13.3 Å². The molecule has 1 N–H and O–H groups in total. The van der Waals surface area contributed by atoms with Crippen LogP contribution < -0.4 is 4.72 Å². The van der Waals surface area contributed by atoms with Gasteiger partial charge in [0.15, 0.2) is 12.4 Å². The molecule has 0 saturated heterocycles. The lowest BCUT2D eigenvalue weighted by Gasteiger charge is -2.12. The minimum Gasteiger partial charge on any atom is -0.388 e. The van der Waals surface area contributed by atoms with Crippen LogP contribution >= 0.6 is 0 Å². The molecular formula is C17H26N8O3S. The fourth-order valence-corrected chi connectivity index (χ4v) is 3.66. The van der Waals surface area contributed by atoms with Gasteiger partial charge in [0, 0.05) is 18.8 Å². The number of nitrogens with zero attached hydrogens (tertiary/aromatic N) is 7. The molecule has 158 valence electrons. The predicted molar refractivity (Wildman–Crippen MR) is 109 cm³/mol. The van der Waals surface area contributed by atoms with Crippen LogP contribution in [-0.2, 0) is 28.0 Å². The first-order valence-corrected chi connectivity index (χ1v) is 11.2. The fourth-order valence-electron chi connectivity index (χ4n) is 3.15. The summed E-state index contributed by atoms with van der Waals surface area (Å²) in [5.74, 6) is 0.722. The van der Waals surface area contributed by atoms with E-state index in [1.165, 1.54) is 0 Å². The summed E-state index contributed by atoms with van der Waals surface area (Å²) >= 11 is 0. The van der Waals surface area contributed by atoms with E-state index in [1.807, 2.05) is 27.7 Å². The number of unbranched alkanes of at least 4 members (excludes halogenated alkanes) is 1. The topological polar surface area (TPSA) is 129 Å². The number of nitrogens with one attached hydrogen (secondary N) is 1. The van der Waals surface area contributed by atoms with Crippen molar-refractivity contribution in [2.24, 2.45) is 5.16 Å². The molecule has 3 aromatic heterocycles. The van der Waals surface area contributed by atoms with Gasteiger partial charge in [-0.3, -0.25) is 0 Å². The number of sulfonamides is 1. The first kappa shape index (κ1) is 21.1. The second kappa shape index (κ2) is 8.41. The molecule has 0 aliphatic rings. The number of fused-ring (bicyclic) bond motifs is 3. The molecule has 0 bridgehead atoms. The van der Waals surface area contributed by atoms with E-state index >= 15 is 0 Å². The molecule has 3 aromatic rings. The Morgan fingerprint density at radius 2 is 2.00 bits per heavy atom. The lowest BCUT2D eigenvalue weighted by Crippen LogP contribution is -2.23. The Kier molecular flexibility index (Phi) is 6.13. The van der Waals surface area contributed by atoms with Gasteiger partial charge in [0.05, 0.1) is 17.5 Å². The van der Waals surface area contributed by atoms with Crippen molar-refractivity contribution in [3.8, 4) is 0 Å². The van der Waals surface area contributed by atoms with Crippen molar-refractivity contribution in [3.63, 3.8) is 0 Å². The summed E-state index contributed by atoms with van der Waals surface area (Å²) in [6, 6.07) is 0. The normalized spacial score (nSPS) is 12.0. The SMILES string of the molecule is CC(C)=NOCc1nc2c(c(C)c(C)n3nnnc23)n1CCCCNS(C)(=O)=O. The Bertz CT molecular complexity index is 1160. The molecule has 0 aliphatic heterocycles. The number of rotatable bonds is 9. The highest BCUT2D eigenvalue weighted by molar-refractivity contribution is 7.88. The van der Waals surface area contributed by atoms with Crippen LogP contribution in [0.3, 0.4) is 0 Å². The maximum Gasteiger partial charge on any atom is 0.208 e. The van der Waals surface area contributed by atoms with Crippen molar-refractivity contribution in [2.75, 3.05) is 12.8 Å². The Morgan fingerprint density at radius 1 is 1.24 bits per heavy atom. The van der Waals surface area contributed by atoms with E-state index < -0.39 is 10.0 Å². The van der Waals surface area contributed by atoms with Crippen LogP contribution in [0.15, 0.2) is 5.16 Å². The maximum atomic E-state index is 11.2. The van der Waals surface area contributed by atoms with Gasteiger partial charge in [-0.25, -0.2) is 18.1 Å². The molecule has 0 amide bonds. The number of aromatic nitrogens is 6. The van der Waals surface area contributed by atoms with E-state index in [9.17, 15) is 8.42 Å². The zero-order valence-corrected chi connectivity index (χ0v) is 18.1. The highest BCUT2D eigenvalue weighted by Crippen LogP contribution is 2.26. The third-order valence-electron chi connectivity index (χ3n) is 4.56. The van der Waals surface area contributed by atoms with Gasteiger partial charge in [-0.2, -0.15) is 4.52 Å². The van der Waals surface area contributed by atoms with Crippen LogP contribution in [0.2, 0.25) is 0 Å². The molecule has 0 fully saturated rings. The van der Waals surface area contributed by atoms with Gasteiger partial charge in [0.1, 0.15) is 5.52 Å². The average Bonchev–Trinajstić information content (AvgIpc) is 3.23. The van der Waals surface area contributed by atoms with Gasteiger partial charge in [0.2, 0.25) is 15.7 Å². The summed E-state index contributed by atoms with van der Waals surface area (Å²) in [5.41, 5.74) is 5.04. The minimum absolute atomic E-state index is 0.216. The van der Waals surface area contributed by atoms with E-state index in [4.69, 9.17) is 9.82 Å². The summed E-state index contributed by atoms with van der Waals surface area (Å²) in [6.07, 6.45) is 2.63. The van der Waals surface area contributed by atoms with Crippen molar-refractivity contribution in [1.29, 1.82) is 0 Å². The highest BCUT2D eigenvalue weighted by Gasteiger charge is 2.20. The second-order valence-corrected chi connectivity index (χ2v) is 9.02. The third kappa shape index (κ3) is 4.70. The molecular weight excluding hydrogens is 396 g/mol. The van der Waals surface area contributed by atoms with Crippen LogP contribution in [0.5, 0.6) is 0 Å². The molecule has 0 radical (unpaired) electrons. The van der Waals surface area contributed by atoms with Gasteiger partial charge in [-0.1, -0.05) is 5.16 Å². The Hall–Kier alpha value is -2.60. The molecule has 0 unspecified atom stereocenters. The van der Waals surface area contributed by atoms with Crippen molar-refractivity contribution >= 4 is 32.4 Å². The number of pyridine rings is 1. The molecule has 12 heteroatoms. The van der Waals surface area contributed by atoms with E-state index in [0.717, 1.165) is 41.0 Å². The maximum absolute atomic E-state index is 11.2. The minimum atomic E-state index is -3.18. The monoisotopic (exact) mass is 422 g/mol. The lowest BCUT2D eigenvalue weighted by atomic mass is 10.2. The Labute approximate surface area is 169 Å². The van der Waals surface area contributed by atoms with Crippen LogP contribution in [0.4, 0.5) is 0 Å². The fraction of sp³-hybridized carbons (Fsp3) is 0.588. The van der Waals surface area contributed by atoms with Crippen LogP contribution in [0.25, 0.3) is 16.7 Å². The third-order valence-corrected chi connectivity index (χ3v) is 5.29. The quantitative estimate of drug-likeness (QED) is 0.313. The van der Waals surface area contributed by atoms with Gasteiger partial charge in [-0.05, 0) is 56.5 Å². The van der Waals surface area contributed by atoms with Gasteiger partial charge >= 0.3 is 0 Å². The Balaban J connectivity index is 1.95. The van der Waals surface area contributed by atoms with Crippen LogP contribution in [0, 0.1) is 13.8 Å². The summed E-state index contributed by atoms with van der Waals surface area (Å²) in [5, 5.41) is 16.0. The van der Waals surface area contributed by atoms with Gasteiger partial charge in [0.25, 0.3) is 0 Å². The molecule has 0 aliphatic carbocycles. The number of hydrogen-bond donors (Lipinski definition) is 1. The number of hydrogen-bond acceptors (Lipinski definition) is 8. The van der Waals surface area contributed by atoms with Gasteiger partial charge < -0.3 is 9.40 Å². The van der Waals surface area contributed by atoms with E-state index in [-0.39, 0.29) is 6.61 Å². The van der Waals surface area contributed by atoms with E-state index in [0.29, 0.717) is 30.7 Å². The standard InChI is InChI=1S/C17H26N8O3S/c1-11(2)21-28-10-14-19-15-16(12(3)13(4)25-17(15)20-22-23-25)24(14)9-7-6-8-18-29(5,26)27/h18H,6-10H2,1-5H3. The van der Waals surface area contributed by atoms with E-state index in [2.05, 4.69) is 30.0 Å². The molecule has 0 spiro atoms. The number of oxime groups is 1. The van der Waals surface area contributed by atoms with Crippen molar-refractivity contribution in [1.82, 2.24) is 34.3 Å². The number of tetrazole rings is 1. The largest absolute Gasteiger partial charge is 0.388 e. The zero-order chi connectivity index (χ0) is 21.2. The molecule has 3 heterocycles.